The lowest BCUT2D eigenvalue weighted by Gasteiger charge is -1.97. The van der Waals surface area contributed by atoms with E-state index >= 15 is 0 Å². The van der Waals surface area contributed by atoms with Crippen molar-refractivity contribution in [1.29, 1.82) is 0 Å². The minimum Gasteiger partial charge on any atom is -0.508 e. The summed E-state index contributed by atoms with van der Waals surface area (Å²) in [4.78, 5) is 1.49. The van der Waals surface area contributed by atoms with Crippen LogP contribution in [0.1, 0.15) is 0 Å². The van der Waals surface area contributed by atoms with Crippen molar-refractivity contribution in [3.05, 3.63) is 36.7 Å². The van der Waals surface area contributed by atoms with Gasteiger partial charge in [0.25, 0.3) is 0 Å². The van der Waals surface area contributed by atoms with Crippen molar-refractivity contribution in [3.63, 3.8) is 0 Å². The van der Waals surface area contributed by atoms with Gasteiger partial charge in [0.1, 0.15) is 5.75 Å². The Morgan fingerprint density at radius 3 is 2.17 bits per heavy atom. The first kappa shape index (κ1) is 6.84. The number of rotatable bonds is 1. The van der Waals surface area contributed by atoms with Gasteiger partial charge >= 0.3 is 0 Å². The quantitative estimate of drug-likeness (QED) is 0.678. The Morgan fingerprint density at radius 1 is 1.00 bits per heavy atom. The first-order chi connectivity index (χ1) is 5.86. The van der Waals surface area contributed by atoms with Crippen molar-refractivity contribution in [2.75, 3.05) is 0 Å². The van der Waals surface area contributed by atoms with Crippen molar-refractivity contribution in [2.45, 2.75) is 0 Å². The van der Waals surface area contributed by atoms with Crippen LogP contribution in [0.15, 0.2) is 36.7 Å². The van der Waals surface area contributed by atoms with Crippen LogP contribution in [0.2, 0.25) is 0 Å². The van der Waals surface area contributed by atoms with Gasteiger partial charge in [-0.15, -0.1) is 0 Å². The van der Waals surface area contributed by atoms with Crippen molar-refractivity contribution in [1.82, 2.24) is 15.0 Å². The molecule has 12 heavy (non-hydrogen) atoms. The molecule has 0 amide bonds. The Hall–Kier alpha value is -1.84. The molecule has 0 aliphatic rings. The highest BCUT2D eigenvalue weighted by atomic mass is 16.3. The van der Waals surface area contributed by atoms with Crippen molar-refractivity contribution < 1.29 is 5.11 Å². The Labute approximate surface area is 69.1 Å². The zero-order valence-electron chi connectivity index (χ0n) is 6.25. The van der Waals surface area contributed by atoms with Crippen LogP contribution in [0.5, 0.6) is 5.75 Å². The van der Waals surface area contributed by atoms with Gasteiger partial charge in [-0.1, -0.05) is 0 Å². The second-order valence-corrected chi connectivity index (χ2v) is 2.33. The van der Waals surface area contributed by atoms with E-state index in [9.17, 15) is 0 Å². The topological polar surface area (TPSA) is 50.9 Å². The van der Waals surface area contributed by atoms with E-state index in [1.54, 1.807) is 36.7 Å². The summed E-state index contributed by atoms with van der Waals surface area (Å²) in [5, 5.41) is 16.9. The highest BCUT2D eigenvalue weighted by molar-refractivity contribution is 5.34. The molecular weight excluding hydrogens is 154 g/mol. The van der Waals surface area contributed by atoms with Gasteiger partial charge in [0, 0.05) is 0 Å². The van der Waals surface area contributed by atoms with Gasteiger partial charge in [-0.3, -0.25) is 0 Å². The molecule has 2 rings (SSSR count). The first-order valence-corrected chi connectivity index (χ1v) is 3.52. The van der Waals surface area contributed by atoms with Gasteiger partial charge in [-0.2, -0.15) is 15.0 Å². The molecule has 0 radical (unpaired) electrons. The molecule has 4 heteroatoms. The van der Waals surface area contributed by atoms with E-state index in [1.165, 1.54) is 4.80 Å². The molecule has 0 atom stereocenters. The lowest BCUT2D eigenvalue weighted by molar-refractivity contribution is 0.475. The van der Waals surface area contributed by atoms with Crippen molar-refractivity contribution in [3.8, 4) is 11.4 Å². The maximum absolute atomic E-state index is 9.00. The zero-order chi connectivity index (χ0) is 8.39. The van der Waals surface area contributed by atoms with Crippen molar-refractivity contribution >= 4 is 0 Å². The number of hydrogen-bond acceptors (Lipinski definition) is 3. The smallest absolute Gasteiger partial charge is 0.115 e. The minimum atomic E-state index is 0.242. The van der Waals surface area contributed by atoms with E-state index in [4.69, 9.17) is 5.11 Å². The molecule has 0 saturated carbocycles. The lowest BCUT2D eigenvalue weighted by Crippen LogP contribution is -1.96. The maximum Gasteiger partial charge on any atom is 0.115 e. The minimum absolute atomic E-state index is 0.242. The summed E-state index contributed by atoms with van der Waals surface area (Å²) in [6.45, 7) is 0. The molecule has 1 N–H and O–H groups in total. The highest BCUT2D eigenvalue weighted by Crippen LogP contribution is 2.11. The Kier molecular flexibility index (Phi) is 1.51. The third kappa shape index (κ3) is 1.14. The molecular formula is C8H7N3O. The Balaban J connectivity index is 2.43. The largest absolute Gasteiger partial charge is 0.508 e. The summed E-state index contributed by atoms with van der Waals surface area (Å²) in [5.41, 5.74) is 0.831. The van der Waals surface area contributed by atoms with Gasteiger partial charge in [0.05, 0.1) is 18.1 Å². The lowest BCUT2D eigenvalue weighted by atomic mass is 10.3. The normalized spacial score (nSPS) is 10.0. The van der Waals surface area contributed by atoms with E-state index in [-0.39, 0.29) is 5.75 Å². The number of phenolic OH excluding ortho intramolecular Hbond substituents is 1. The fourth-order valence-corrected chi connectivity index (χ4v) is 0.935. The second-order valence-electron chi connectivity index (χ2n) is 2.33. The molecule has 0 aliphatic carbocycles. The van der Waals surface area contributed by atoms with E-state index < -0.39 is 0 Å². The fourth-order valence-electron chi connectivity index (χ4n) is 0.935. The maximum atomic E-state index is 9.00. The third-order valence-corrected chi connectivity index (χ3v) is 1.50. The summed E-state index contributed by atoms with van der Waals surface area (Å²) in [6.07, 6.45) is 3.21. The van der Waals surface area contributed by atoms with Crippen LogP contribution in [0.3, 0.4) is 0 Å². The molecule has 0 unspecified atom stereocenters. The molecule has 0 saturated heterocycles. The van der Waals surface area contributed by atoms with Crippen LogP contribution in [0.4, 0.5) is 0 Å². The molecule has 1 aromatic heterocycles. The number of benzene rings is 1. The average Bonchev–Trinajstić information content (AvgIpc) is 2.58. The van der Waals surface area contributed by atoms with Gasteiger partial charge in [-0.05, 0) is 24.3 Å². The third-order valence-electron chi connectivity index (χ3n) is 1.50. The van der Waals surface area contributed by atoms with Gasteiger partial charge < -0.3 is 5.11 Å². The number of aromatic hydroxyl groups is 1. The molecule has 60 valence electrons. The summed E-state index contributed by atoms with van der Waals surface area (Å²) >= 11 is 0. The predicted octanol–water partition coefficient (Wildman–Crippen LogP) is 0.973. The Morgan fingerprint density at radius 2 is 1.58 bits per heavy atom. The van der Waals surface area contributed by atoms with E-state index in [0.717, 1.165) is 5.69 Å². The number of hydrogen-bond donors (Lipinski definition) is 1. The summed E-state index contributed by atoms with van der Waals surface area (Å²) in [7, 11) is 0. The average molecular weight is 161 g/mol. The summed E-state index contributed by atoms with van der Waals surface area (Å²) in [5.74, 6) is 0.242. The first-order valence-electron chi connectivity index (χ1n) is 3.52. The van der Waals surface area contributed by atoms with Gasteiger partial charge in [-0.25, -0.2) is 0 Å². The molecule has 1 heterocycles. The van der Waals surface area contributed by atoms with E-state index in [0.29, 0.717) is 0 Å². The standard InChI is InChI=1S/C8H7N3O/c12-8-3-1-7(2-4-8)11-9-5-6-10-11/h1-6,12H. The van der Waals surface area contributed by atoms with Crippen LogP contribution in [-0.2, 0) is 0 Å². The SMILES string of the molecule is Oc1ccc(-n2nccn2)cc1. The zero-order valence-corrected chi connectivity index (χ0v) is 6.25. The molecule has 2 aromatic rings. The Bertz CT molecular complexity index is 352. The van der Waals surface area contributed by atoms with Gasteiger partial charge in [0.2, 0.25) is 0 Å². The van der Waals surface area contributed by atoms with E-state index in [2.05, 4.69) is 10.2 Å². The number of aromatic nitrogens is 3. The van der Waals surface area contributed by atoms with Crippen LogP contribution in [0.25, 0.3) is 5.69 Å². The van der Waals surface area contributed by atoms with E-state index in [1.807, 2.05) is 0 Å². The highest BCUT2D eigenvalue weighted by Gasteiger charge is 1.95. The van der Waals surface area contributed by atoms with Crippen molar-refractivity contribution in [2.24, 2.45) is 0 Å². The molecule has 0 aliphatic heterocycles. The second kappa shape index (κ2) is 2.65. The fraction of sp³-hybridized carbons (Fsp3) is 0. The molecule has 0 bridgehead atoms. The predicted molar refractivity (Wildman–Crippen MR) is 43.0 cm³/mol. The number of phenols is 1. The van der Waals surface area contributed by atoms with Crippen LogP contribution >= 0.6 is 0 Å². The van der Waals surface area contributed by atoms with Crippen LogP contribution < -0.4 is 0 Å². The summed E-state index contributed by atoms with van der Waals surface area (Å²) < 4.78 is 0. The molecule has 0 fully saturated rings. The van der Waals surface area contributed by atoms with Crippen LogP contribution in [0, 0.1) is 0 Å². The molecule has 1 aromatic carbocycles. The summed E-state index contributed by atoms with van der Waals surface area (Å²) in [6, 6.07) is 6.68. The van der Waals surface area contributed by atoms with Crippen LogP contribution in [-0.4, -0.2) is 20.1 Å². The molecule has 4 nitrogen and oxygen atoms in total. The van der Waals surface area contributed by atoms with Gasteiger partial charge in [0.15, 0.2) is 0 Å². The monoisotopic (exact) mass is 161 g/mol. The molecule has 0 spiro atoms. The number of nitrogens with zero attached hydrogens (tertiary/aromatic N) is 3.